The van der Waals surface area contributed by atoms with Crippen molar-refractivity contribution in [2.75, 3.05) is 7.05 Å². The third-order valence-electron chi connectivity index (χ3n) is 5.14. The molecule has 0 saturated heterocycles. The maximum Gasteiger partial charge on any atom is 0.279 e. The smallest absolute Gasteiger partial charge is 0.199 e. The first-order valence-electron chi connectivity index (χ1n) is 8.28. The van der Waals surface area contributed by atoms with Crippen LogP contribution in [0.4, 0.5) is 0 Å². The molecule has 2 aliphatic rings. The van der Waals surface area contributed by atoms with Gasteiger partial charge in [-0.3, -0.25) is 0 Å². The Kier molecular flexibility index (Phi) is 5.87. The summed E-state index contributed by atoms with van der Waals surface area (Å²) in [6, 6.07) is 0.344. The van der Waals surface area contributed by atoms with Crippen molar-refractivity contribution in [3.63, 3.8) is 0 Å². The Morgan fingerprint density at radius 1 is 1.05 bits per heavy atom. The second-order valence-electron chi connectivity index (χ2n) is 6.57. The van der Waals surface area contributed by atoms with Gasteiger partial charge >= 0.3 is 0 Å². The fourth-order valence-electron chi connectivity index (χ4n) is 3.70. The van der Waals surface area contributed by atoms with E-state index in [0.29, 0.717) is 5.92 Å². The summed E-state index contributed by atoms with van der Waals surface area (Å²) >= 11 is 0. The minimum absolute atomic E-state index is 0.143. The van der Waals surface area contributed by atoms with Crippen molar-refractivity contribution < 1.29 is 8.42 Å². The van der Waals surface area contributed by atoms with Gasteiger partial charge in [0, 0.05) is 19.1 Å². The molecule has 0 unspecified atom stereocenters. The van der Waals surface area contributed by atoms with Gasteiger partial charge in [-0.2, -0.15) is 17.4 Å². The van der Waals surface area contributed by atoms with E-state index in [0.717, 1.165) is 51.4 Å². The topological polar surface area (TPSA) is 49.4 Å². The summed E-state index contributed by atoms with van der Waals surface area (Å²) in [6.45, 7) is 2.20. The number of nitrogens with zero attached hydrogens (tertiary/aromatic N) is 1. The molecular formula is C15H30N2O2S. The van der Waals surface area contributed by atoms with Crippen LogP contribution in [0.15, 0.2) is 0 Å². The highest BCUT2D eigenvalue weighted by atomic mass is 32.2. The van der Waals surface area contributed by atoms with Crippen LogP contribution >= 0.6 is 0 Å². The molecule has 4 nitrogen and oxygen atoms in total. The highest BCUT2D eigenvalue weighted by Gasteiger charge is 2.31. The van der Waals surface area contributed by atoms with Gasteiger partial charge in [0.25, 0.3) is 10.2 Å². The predicted octanol–water partition coefficient (Wildman–Crippen LogP) is 3.05. The summed E-state index contributed by atoms with van der Waals surface area (Å²) in [5, 5.41) is 0. The van der Waals surface area contributed by atoms with Crippen LogP contribution in [-0.4, -0.2) is 31.9 Å². The van der Waals surface area contributed by atoms with Crippen molar-refractivity contribution in [2.45, 2.75) is 83.2 Å². The summed E-state index contributed by atoms with van der Waals surface area (Å²) in [4.78, 5) is 0. The molecule has 0 spiro atoms. The third-order valence-corrected chi connectivity index (χ3v) is 6.83. The number of hydrogen-bond acceptors (Lipinski definition) is 2. The zero-order valence-corrected chi connectivity index (χ0v) is 13.8. The van der Waals surface area contributed by atoms with Crippen molar-refractivity contribution in [3.8, 4) is 0 Å². The fourth-order valence-corrected chi connectivity index (χ4v) is 5.11. The summed E-state index contributed by atoms with van der Waals surface area (Å²) in [6.07, 6.45) is 11.2. The highest BCUT2D eigenvalue weighted by Crippen LogP contribution is 2.28. The molecule has 0 aromatic heterocycles. The Balaban J connectivity index is 1.92. The average Bonchev–Trinajstić information content (AvgIpc) is 2.47. The SMILES string of the molecule is CC[C@H]1CCC[C@H](NS(=O)(=O)N(C)C2CCCCC2)C1. The van der Waals surface area contributed by atoms with Crippen LogP contribution in [0.25, 0.3) is 0 Å². The lowest BCUT2D eigenvalue weighted by Gasteiger charge is -2.34. The molecular weight excluding hydrogens is 272 g/mol. The molecule has 1 N–H and O–H groups in total. The number of nitrogens with one attached hydrogen (secondary N) is 1. The first-order chi connectivity index (χ1) is 9.53. The maximum atomic E-state index is 12.5. The van der Waals surface area contributed by atoms with Crippen molar-refractivity contribution in [1.82, 2.24) is 9.03 Å². The number of hydrogen-bond donors (Lipinski definition) is 1. The molecule has 20 heavy (non-hydrogen) atoms. The number of rotatable bonds is 5. The van der Waals surface area contributed by atoms with Crippen LogP contribution in [0.2, 0.25) is 0 Å². The molecule has 118 valence electrons. The second kappa shape index (κ2) is 7.23. The Morgan fingerprint density at radius 2 is 1.75 bits per heavy atom. The molecule has 2 saturated carbocycles. The van der Waals surface area contributed by atoms with Gasteiger partial charge in [0.05, 0.1) is 0 Å². The second-order valence-corrected chi connectivity index (χ2v) is 8.33. The largest absolute Gasteiger partial charge is 0.279 e. The zero-order valence-electron chi connectivity index (χ0n) is 13.0. The van der Waals surface area contributed by atoms with E-state index >= 15 is 0 Å². The van der Waals surface area contributed by atoms with E-state index in [2.05, 4.69) is 11.6 Å². The van der Waals surface area contributed by atoms with Gasteiger partial charge in [-0.15, -0.1) is 0 Å². The quantitative estimate of drug-likeness (QED) is 0.848. The Morgan fingerprint density at radius 3 is 2.40 bits per heavy atom. The Labute approximate surface area is 124 Å². The lowest BCUT2D eigenvalue weighted by molar-refractivity contribution is 0.268. The first-order valence-corrected chi connectivity index (χ1v) is 9.72. The summed E-state index contributed by atoms with van der Waals surface area (Å²) in [5.74, 6) is 0.691. The van der Waals surface area contributed by atoms with Gasteiger partial charge in [-0.25, -0.2) is 0 Å². The van der Waals surface area contributed by atoms with E-state index in [1.807, 2.05) is 0 Å². The first kappa shape index (κ1) is 16.2. The zero-order chi connectivity index (χ0) is 14.6. The minimum Gasteiger partial charge on any atom is -0.199 e. The molecule has 0 bridgehead atoms. The normalized spacial score (nSPS) is 29.8. The van der Waals surface area contributed by atoms with E-state index in [4.69, 9.17) is 0 Å². The van der Waals surface area contributed by atoms with Gasteiger partial charge < -0.3 is 0 Å². The van der Waals surface area contributed by atoms with Crippen molar-refractivity contribution >= 4 is 10.2 Å². The van der Waals surface area contributed by atoms with E-state index in [1.54, 1.807) is 11.4 Å². The Bertz CT molecular complexity index is 391. The van der Waals surface area contributed by atoms with Crippen LogP contribution in [0.3, 0.4) is 0 Å². The van der Waals surface area contributed by atoms with Crippen molar-refractivity contribution in [3.05, 3.63) is 0 Å². The van der Waals surface area contributed by atoms with Crippen LogP contribution in [0.5, 0.6) is 0 Å². The average molecular weight is 302 g/mol. The molecule has 2 fully saturated rings. The monoisotopic (exact) mass is 302 g/mol. The van der Waals surface area contributed by atoms with E-state index in [-0.39, 0.29) is 12.1 Å². The summed E-state index contributed by atoms with van der Waals surface area (Å²) in [5.41, 5.74) is 0. The molecule has 0 aromatic rings. The van der Waals surface area contributed by atoms with E-state index < -0.39 is 10.2 Å². The minimum atomic E-state index is -3.31. The van der Waals surface area contributed by atoms with E-state index in [1.165, 1.54) is 12.8 Å². The molecule has 0 heterocycles. The van der Waals surface area contributed by atoms with Crippen LogP contribution in [0, 0.1) is 5.92 Å². The van der Waals surface area contributed by atoms with Gasteiger partial charge in [-0.1, -0.05) is 45.4 Å². The molecule has 0 aliphatic heterocycles. The van der Waals surface area contributed by atoms with Gasteiger partial charge in [0.15, 0.2) is 0 Å². The van der Waals surface area contributed by atoms with Gasteiger partial charge in [0.1, 0.15) is 0 Å². The molecule has 0 amide bonds. The van der Waals surface area contributed by atoms with Crippen molar-refractivity contribution in [1.29, 1.82) is 0 Å². The maximum absolute atomic E-state index is 12.5. The third kappa shape index (κ3) is 4.18. The van der Waals surface area contributed by atoms with Crippen LogP contribution in [-0.2, 0) is 10.2 Å². The fraction of sp³-hybridized carbons (Fsp3) is 1.00. The van der Waals surface area contributed by atoms with Crippen molar-refractivity contribution in [2.24, 2.45) is 5.92 Å². The van der Waals surface area contributed by atoms with Crippen LogP contribution < -0.4 is 4.72 Å². The molecule has 0 radical (unpaired) electrons. The van der Waals surface area contributed by atoms with Crippen LogP contribution in [0.1, 0.15) is 71.1 Å². The standard InChI is InChI=1S/C15H30N2O2S/c1-3-13-8-7-9-14(12-13)16-20(18,19)17(2)15-10-5-4-6-11-15/h13-16H,3-12H2,1-2H3/t13-,14-/m0/s1. The highest BCUT2D eigenvalue weighted by molar-refractivity contribution is 7.87. The summed E-state index contributed by atoms with van der Waals surface area (Å²) in [7, 11) is -1.56. The lowest BCUT2D eigenvalue weighted by Crippen LogP contribution is -2.49. The molecule has 2 aliphatic carbocycles. The molecule has 5 heteroatoms. The predicted molar refractivity (Wildman–Crippen MR) is 82.7 cm³/mol. The molecule has 2 rings (SSSR count). The molecule has 0 aromatic carbocycles. The Hall–Kier alpha value is -0.130. The summed E-state index contributed by atoms with van der Waals surface area (Å²) < 4.78 is 29.6. The molecule has 2 atom stereocenters. The van der Waals surface area contributed by atoms with Gasteiger partial charge in [-0.05, 0) is 31.6 Å². The van der Waals surface area contributed by atoms with E-state index in [9.17, 15) is 8.42 Å². The lowest BCUT2D eigenvalue weighted by atomic mass is 9.85. The van der Waals surface area contributed by atoms with Gasteiger partial charge in [0.2, 0.25) is 0 Å².